The first-order chi connectivity index (χ1) is 7.31. The van der Waals surface area contributed by atoms with Crippen molar-refractivity contribution in [3.8, 4) is 0 Å². The maximum Gasteiger partial charge on any atom is 0.330 e. The van der Waals surface area contributed by atoms with E-state index < -0.39 is 0 Å². The standard InChI is InChI=1S/C11H17NO3/c1-2-7-11(14)15-9-6-4-3-5-8-12-10-13/h2,7H,3-6,8-9H2,1H3. The van der Waals surface area contributed by atoms with E-state index in [0.29, 0.717) is 13.2 Å². The third-order valence-electron chi connectivity index (χ3n) is 1.78. The Labute approximate surface area is 90.0 Å². The molecule has 0 saturated carbocycles. The smallest absolute Gasteiger partial charge is 0.330 e. The number of nitrogens with zero attached hydrogens (tertiary/aromatic N) is 1. The largest absolute Gasteiger partial charge is 0.463 e. The molecule has 4 nitrogen and oxygen atoms in total. The maximum atomic E-state index is 10.9. The summed E-state index contributed by atoms with van der Waals surface area (Å²) in [5.74, 6) is -0.289. The van der Waals surface area contributed by atoms with Gasteiger partial charge in [0.1, 0.15) is 0 Å². The molecule has 0 spiro atoms. The lowest BCUT2D eigenvalue weighted by atomic mass is 10.2. The first kappa shape index (κ1) is 13.6. The van der Waals surface area contributed by atoms with E-state index in [0.717, 1.165) is 25.7 Å². The van der Waals surface area contributed by atoms with Crippen LogP contribution in [0, 0.1) is 0 Å². The van der Waals surface area contributed by atoms with Crippen LogP contribution in [-0.4, -0.2) is 25.2 Å². The van der Waals surface area contributed by atoms with Crippen molar-refractivity contribution in [3.05, 3.63) is 12.2 Å². The van der Waals surface area contributed by atoms with Crippen molar-refractivity contribution in [2.24, 2.45) is 4.99 Å². The Balaban J connectivity index is 3.17. The number of unbranched alkanes of at least 4 members (excludes halogenated alkanes) is 3. The molecule has 0 heterocycles. The number of hydrogen-bond acceptors (Lipinski definition) is 4. The Bertz CT molecular complexity index is 242. The van der Waals surface area contributed by atoms with Gasteiger partial charge in [0.05, 0.1) is 13.2 Å². The molecule has 0 aliphatic carbocycles. The first-order valence-corrected chi connectivity index (χ1v) is 5.14. The van der Waals surface area contributed by atoms with Gasteiger partial charge < -0.3 is 4.74 Å². The fourth-order valence-corrected chi connectivity index (χ4v) is 1.05. The van der Waals surface area contributed by atoms with Gasteiger partial charge in [0.2, 0.25) is 6.08 Å². The van der Waals surface area contributed by atoms with Crippen molar-refractivity contribution in [1.82, 2.24) is 0 Å². The second-order valence-electron chi connectivity index (χ2n) is 3.05. The monoisotopic (exact) mass is 211 g/mol. The number of allylic oxidation sites excluding steroid dienone is 1. The summed E-state index contributed by atoms with van der Waals surface area (Å²) in [4.78, 5) is 24.0. The highest BCUT2D eigenvalue weighted by Gasteiger charge is 1.95. The van der Waals surface area contributed by atoms with Gasteiger partial charge in [-0.2, -0.15) is 0 Å². The average Bonchev–Trinajstić information content (AvgIpc) is 2.22. The van der Waals surface area contributed by atoms with Gasteiger partial charge in [0, 0.05) is 6.08 Å². The van der Waals surface area contributed by atoms with Crippen LogP contribution in [0.3, 0.4) is 0 Å². The van der Waals surface area contributed by atoms with Crippen molar-refractivity contribution < 1.29 is 14.3 Å². The third-order valence-corrected chi connectivity index (χ3v) is 1.78. The number of aliphatic imine (C=N–C) groups is 1. The Morgan fingerprint density at radius 3 is 2.73 bits per heavy atom. The predicted octanol–water partition coefficient (Wildman–Crippen LogP) is 2.00. The minimum absolute atomic E-state index is 0.289. The highest BCUT2D eigenvalue weighted by Crippen LogP contribution is 2.00. The summed E-state index contributed by atoms with van der Waals surface area (Å²) in [5, 5.41) is 0. The molecule has 0 amide bonds. The van der Waals surface area contributed by atoms with Gasteiger partial charge in [-0.1, -0.05) is 12.5 Å². The van der Waals surface area contributed by atoms with E-state index in [1.807, 2.05) is 0 Å². The summed E-state index contributed by atoms with van der Waals surface area (Å²) in [5.41, 5.74) is 0. The zero-order chi connectivity index (χ0) is 11.4. The highest BCUT2D eigenvalue weighted by molar-refractivity contribution is 5.81. The maximum absolute atomic E-state index is 10.9. The van der Waals surface area contributed by atoms with Crippen LogP contribution in [0.2, 0.25) is 0 Å². The van der Waals surface area contributed by atoms with Gasteiger partial charge in [0.25, 0.3) is 0 Å². The number of isocyanates is 1. The van der Waals surface area contributed by atoms with Gasteiger partial charge in [-0.15, -0.1) is 0 Å². The molecule has 0 aliphatic heterocycles. The Kier molecular flexibility index (Phi) is 9.67. The molecule has 0 aromatic carbocycles. The number of esters is 1. The van der Waals surface area contributed by atoms with Gasteiger partial charge in [0.15, 0.2) is 0 Å². The van der Waals surface area contributed by atoms with E-state index in [-0.39, 0.29) is 5.97 Å². The summed E-state index contributed by atoms with van der Waals surface area (Å²) in [6.07, 6.45) is 8.27. The molecule has 0 atom stereocenters. The van der Waals surface area contributed by atoms with Gasteiger partial charge in [-0.3, -0.25) is 0 Å². The fraction of sp³-hybridized carbons (Fsp3) is 0.636. The summed E-state index contributed by atoms with van der Waals surface area (Å²) >= 11 is 0. The summed E-state index contributed by atoms with van der Waals surface area (Å²) in [7, 11) is 0. The second-order valence-corrected chi connectivity index (χ2v) is 3.05. The van der Waals surface area contributed by atoms with Crippen molar-refractivity contribution in [2.45, 2.75) is 32.6 Å². The normalized spacial score (nSPS) is 9.93. The van der Waals surface area contributed by atoms with Gasteiger partial charge in [-0.25, -0.2) is 14.6 Å². The van der Waals surface area contributed by atoms with E-state index in [1.54, 1.807) is 13.0 Å². The fourth-order valence-electron chi connectivity index (χ4n) is 1.05. The van der Waals surface area contributed by atoms with Crippen LogP contribution in [-0.2, 0) is 14.3 Å². The average molecular weight is 211 g/mol. The van der Waals surface area contributed by atoms with Crippen LogP contribution < -0.4 is 0 Å². The summed E-state index contributed by atoms with van der Waals surface area (Å²) in [6, 6.07) is 0. The lowest BCUT2D eigenvalue weighted by Crippen LogP contribution is -2.02. The zero-order valence-corrected chi connectivity index (χ0v) is 9.07. The molecule has 0 aromatic heterocycles. The topological polar surface area (TPSA) is 55.7 Å². The molecule has 0 fully saturated rings. The molecule has 0 aromatic rings. The number of hydrogen-bond donors (Lipinski definition) is 0. The molecule has 0 unspecified atom stereocenters. The molecule has 84 valence electrons. The Morgan fingerprint density at radius 2 is 2.07 bits per heavy atom. The first-order valence-electron chi connectivity index (χ1n) is 5.14. The number of carbonyl (C=O) groups excluding carboxylic acids is 2. The van der Waals surface area contributed by atoms with Crippen LogP contribution in [0.15, 0.2) is 17.1 Å². The van der Waals surface area contributed by atoms with E-state index in [1.165, 1.54) is 12.2 Å². The number of rotatable bonds is 8. The van der Waals surface area contributed by atoms with Crippen molar-refractivity contribution in [3.63, 3.8) is 0 Å². The SMILES string of the molecule is CC=CC(=O)OCCCCCCN=C=O. The minimum Gasteiger partial charge on any atom is -0.463 e. The number of ether oxygens (including phenoxy) is 1. The van der Waals surface area contributed by atoms with Crippen LogP contribution >= 0.6 is 0 Å². The molecule has 0 N–H and O–H groups in total. The van der Waals surface area contributed by atoms with Gasteiger partial charge in [-0.05, 0) is 26.2 Å². The van der Waals surface area contributed by atoms with Crippen LogP contribution in [0.4, 0.5) is 0 Å². The van der Waals surface area contributed by atoms with Crippen molar-refractivity contribution in [2.75, 3.05) is 13.2 Å². The molecule has 4 heteroatoms. The summed E-state index contributed by atoms with van der Waals surface area (Å²) in [6.45, 7) is 2.77. The molecule has 0 saturated heterocycles. The van der Waals surface area contributed by atoms with E-state index in [4.69, 9.17) is 4.74 Å². The van der Waals surface area contributed by atoms with E-state index in [2.05, 4.69) is 4.99 Å². The molecule has 0 rings (SSSR count). The van der Waals surface area contributed by atoms with Crippen LogP contribution in [0.1, 0.15) is 32.6 Å². The Hall–Kier alpha value is -1.41. The molecule has 0 radical (unpaired) electrons. The molecule has 0 bridgehead atoms. The zero-order valence-electron chi connectivity index (χ0n) is 9.07. The highest BCUT2D eigenvalue weighted by atomic mass is 16.5. The van der Waals surface area contributed by atoms with Crippen molar-refractivity contribution in [1.29, 1.82) is 0 Å². The molecular weight excluding hydrogens is 194 g/mol. The molecule has 0 aliphatic rings. The quantitative estimate of drug-likeness (QED) is 0.203. The minimum atomic E-state index is -0.289. The lowest BCUT2D eigenvalue weighted by molar-refractivity contribution is -0.137. The summed E-state index contributed by atoms with van der Waals surface area (Å²) < 4.78 is 4.90. The Morgan fingerprint density at radius 1 is 1.33 bits per heavy atom. The lowest BCUT2D eigenvalue weighted by Gasteiger charge is -2.01. The molecular formula is C11H17NO3. The van der Waals surface area contributed by atoms with E-state index in [9.17, 15) is 9.59 Å². The van der Waals surface area contributed by atoms with Crippen LogP contribution in [0.5, 0.6) is 0 Å². The third kappa shape index (κ3) is 10.5. The van der Waals surface area contributed by atoms with E-state index >= 15 is 0 Å². The van der Waals surface area contributed by atoms with Crippen molar-refractivity contribution >= 4 is 12.0 Å². The molecule has 15 heavy (non-hydrogen) atoms. The van der Waals surface area contributed by atoms with Crippen LogP contribution in [0.25, 0.3) is 0 Å². The van der Waals surface area contributed by atoms with Gasteiger partial charge >= 0.3 is 5.97 Å². The number of carbonyl (C=O) groups is 1. The predicted molar refractivity (Wildman–Crippen MR) is 57.2 cm³/mol. The second kappa shape index (κ2) is 10.7.